The highest BCUT2D eigenvalue weighted by atomic mass is 16.6. The number of nitrogens with one attached hydrogen (secondary N) is 1. The minimum atomic E-state index is -0.744. The molecule has 0 saturated heterocycles. The van der Waals surface area contributed by atoms with Gasteiger partial charge in [0, 0.05) is 6.42 Å². The number of hydrogen-bond acceptors (Lipinski definition) is 4. The number of benzene rings is 1. The number of alkyl carbamates (subject to hydrolysis) is 1. The van der Waals surface area contributed by atoms with E-state index in [4.69, 9.17) is 9.47 Å². The van der Waals surface area contributed by atoms with Crippen LogP contribution in [0.1, 0.15) is 30.9 Å². The van der Waals surface area contributed by atoms with E-state index in [1.165, 1.54) is 12.7 Å². The fourth-order valence-electron chi connectivity index (χ4n) is 1.98. The van der Waals surface area contributed by atoms with Crippen LogP contribution in [0.25, 0.3) is 0 Å². The predicted molar refractivity (Wildman–Crippen MR) is 87.6 cm³/mol. The van der Waals surface area contributed by atoms with Crippen molar-refractivity contribution in [3.63, 3.8) is 0 Å². The van der Waals surface area contributed by atoms with E-state index in [0.717, 1.165) is 24.7 Å². The van der Waals surface area contributed by atoms with Crippen molar-refractivity contribution in [3.8, 4) is 0 Å². The van der Waals surface area contributed by atoms with Gasteiger partial charge in [0.05, 0.1) is 13.7 Å². The van der Waals surface area contributed by atoms with Crippen LogP contribution in [0.2, 0.25) is 0 Å². The summed E-state index contributed by atoms with van der Waals surface area (Å²) < 4.78 is 9.77. The lowest BCUT2D eigenvalue weighted by Crippen LogP contribution is -2.43. The molecule has 0 saturated carbocycles. The Hall–Kier alpha value is -1.98. The van der Waals surface area contributed by atoms with Gasteiger partial charge in [0.15, 0.2) is 0 Å². The summed E-state index contributed by atoms with van der Waals surface area (Å²) >= 11 is 0. The Balaban J connectivity index is 2.63. The van der Waals surface area contributed by atoms with Crippen molar-refractivity contribution in [2.24, 2.45) is 0 Å². The molecule has 0 aliphatic carbocycles. The maximum Gasteiger partial charge on any atom is 0.407 e. The van der Waals surface area contributed by atoms with Crippen LogP contribution < -0.4 is 5.32 Å². The number of esters is 1. The first-order valence-electron chi connectivity index (χ1n) is 7.69. The summed E-state index contributed by atoms with van der Waals surface area (Å²) in [5.41, 5.74) is 2.19. The normalized spacial score (nSPS) is 11.5. The smallest absolute Gasteiger partial charge is 0.407 e. The third-order valence-corrected chi connectivity index (χ3v) is 3.38. The first-order valence-corrected chi connectivity index (χ1v) is 7.69. The molecule has 5 nitrogen and oxygen atoms in total. The van der Waals surface area contributed by atoms with E-state index in [0.29, 0.717) is 13.0 Å². The van der Waals surface area contributed by atoms with Crippen LogP contribution in [0.3, 0.4) is 0 Å². The van der Waals surface area contributed by atoms with Crippen LogP contribution >= 0.6 is 0 Å². The van der Waals surface area contributed by atoms with Gasteiger partial charge in [-0.3, -0.25) is 0 Å². The van der Waals surface area contributed by atoms with Crippen molar-refractivity contribution in [3.05, 3.63) is 35.4 Å². The van der Waals surface area contributed by atoms with Crippen LogP contribution in [-0.2, 0) is 27.0 Å². The monoisotopic (exact) mass is 305 g/mol. The highest BCUT2D eigenvalue weighted by Gasteiger charge is 2.22. The number of ether oxygens (including phenoxy) is 2. The molecule has 0 aromatic heterocycles. The molecule has 120 valence electrons. The summed E-state index contributed by atoms with van der Waals surface area (Å²) in [6.07, 6.45) is 2.49. The van der Waals surface area contributed by atoms with Crippen molar-refractivity contribution in [1.29, 1.82) is 0 Å². The molecule has 0 aliphatic rings. The second-order valence-corrected chi connectivity index (χ2v) is 5.08. The lowest BCUT2D eigenvalue weighted by molar-refractivity contribution is -0.142. The first kappa shape index (κ1) is 18.1. The number of hydrogen-bond donors (Lipinski definition) is 1. The second kappa shape index (κ2) is 9.87. The van der Waals surface area contributed by atoms with Crippen LogP contribution in [0.5, 0.6) is 0 Å². The molecule has 0 bridgehead atoms. The summed E-state index contributed by atoms with van der Waals surface area (Å²) in [5, 5.41) is 2.57. The third-order valence-electron chi connectivity index (χ3n) is 3.38. The predicted octanol–water partition coefficient (Wildman–Crippen LogP) is 1.43. The van der Waals surface area contributed by atoms with Gasteiger partial charge in [0.2, 0.25) is 0 Å². The average Bonchev–Trinajstić information content (AvgIpc) is 2.54. The highest BCUT2D eigenvalue weighted by Crippen LogP contribution is 2.08. The van der Waals surface area contributed by atoms with Crippen LogP contribution in [0.4, 0.5) is 4.79 Å². The van der Waals surface area contributed by atoms with Crippen LogP contribution in [0.15, 0.2) is 24.3 Å². The Morgan fingerprint density at radius 1 is 1.23 bits per heavy atom. The van der Waals surface area contributed by atoms with Gasteiger partial charge in [0.25, 0.3) is 0 Å². The molecule has 0 radical (unpaired) electrons. The summed E-state index contributed by atoms with van der Waals surface area (Å²) in [6, 6.07) is 7.20. The zero-order chi connectivity index (χ0) is 16.4. The molecule has 0 aliphatic heterocycles. The highest BCUT2D eigenvalue weighted by molar-refractivity contribution is 6.08. The summed E-state index contributed by atoms with van der Waals surface area (Å²) in [6.45, 7) is 2.36. The zero-order valence-electron chi connectivity index (χ0n) is 13.6. The molecule has 6 heteroatoms. The van der Waals surface area contributed by atoms with E-state index in [1.54, 1.807) is 0 Å². The molecular weight excluding hydrogens is 281 g/mol. The SMILES string of the molecule is BCc1ccc(C[C@H](NC(=O)OCCCC)C(=O)OC)cc1. The minimum absolute atomic E-state index is 0.349. The van der Waals surface area contributed by atoms with Crippen molar-refractivity contribution >= 4 is 19.9 Å². The second-order valence-electron chi connectivity index (χ2n) is 5.08. The third kappa shape index (κ3) is 6.20. The van der Waals surface area contributed by atoms with Gasteiger partial charge in [-0.15, -0.1) is 0 Å². The molecule has 1 N–H and O–H groups in total. The minimum Gasteiger partial charge on any atom is -0.467 e. The van der Waals surface area contributed by atoms with Gasteiger partial charge < -0.3 is 14.8 Å². The number of carbonyl (C=O) groups excluding carboxylic acids is 2. The molecule has 0 fully saturated rings. The standard InChI is InChI=1S/C16H24BNO4/c1-3-4-9-22-16(20)18-14(15(19)21-2)10-12-5-7-13(11-17)8-6-12/h5-8,14H,3-4,9-11,17H2,1-2H3,(H,18,20)/t14-/m0/s1. The van der Waals surface area contributed by atoms with Gasteiger partial charge in [0.1, 0.15) is 13.9 Å². The molecule has 1 amide bonds. The summed E-state index contributed by atoms with van der Waals surface area (Å²) in [4.78, 5) is 23.5. The van der Waals surface area contributed by atoms with Crippen LogP contribution in [-0.4, -0.2) is 39.7 Å². The Morgan fingerprint density at radius 3 is 2.41 bits per heavy atom. The maximum absolute atomic E-state index is 11.8. The zero-order valence-corrected chi connectivity index (χ0v) is 13.6. The van der Waals surface area contributed by atoms with Gasteiger partial charge in [-0.2, -0.15) is 0 Å². The fraction of sp³-hybridized carbons (Fsp3) is 0.500. The van der Waals surface area contributed by atoms with E-state index in [9.17, 15) is 9.59 Å². The van der Waals surface area contributed by atoms with E-state index in [1.807, 2.05) is 31.2 Å². The molecule has 0 heterocycles. The van der Waals surface area contributed by atoms with E-state index in [-0.39, 0.29) is 0 Å². The molecule has 1 rings (SSSR count). The number of unbranched alkanes of at least 4 members (excludes halogenated alkanes) is 1. The molecule has 1 atom stereocenters. The van der Waals surface area contributed by atoms with Crippen molar-refractivity contribution in [2.75, 3.05) is 13.7 Å². The van der Waals surface area contributed by atoms with Crippen LogP contribution in [0, 0.1) is 0 Å². The Kier molecular flexibility index (Phi) is 8.11. The molecule has 1 aromatic rings. The van der Waals surface area contributed by atoms with Crippen molar-refractivity contribution < 1.29 is 19.1 Å². The number of methoxy groups -OCH3 is 1. The van der Waals surface area contributed by atoms with Crippen molar-refractivity contribution in [2.45, 2.75) is 38.5 Å². The summed E-state index contributed by atoms with van der Waals surface area (Å²) in [7, 11) is 3.39. The Morgan fingerprint density at radius 2 is 1.86 bits per heavy atom. The lowest BCUT2D eigenvalue weighted by Gasteiger charge is -2.16. The van der Waals surface area contributed by atoms with Gasteiger partial charge in [-0.05, 0) is 12.0 Å². The molecule has 22 heavy (non-hydrogen) atoms. The summed E-state index contributed by atoms with van der Waals surface area (Å²) in [5.74, 6) is -0.480. The topological polar surface area (TPSA) is 64.6 Å². The molecule has 1 aromatic carbocycles. The Labute approximate surface area is 132 Å². The average molecular weight is 305 g/mol. The first-order chi connectivity index (χ1) is 10.6. The number of carbonyl (C=O) groups is 2. The quantitative estimate of drug-likeness (QED) is 0.448. The Bertz CT molecular complexity index is 476. The number of amides is 1. The molecule has 0 spiro atoms. The van der Waals surface area contributed by atoms with E-state index in [2.05, 4.69) is 13.2 Å². The molecular formula is C16H24BNO4. The van der Waals surface area contributed by atoms with E-state index >= 15 is 0 Å². The largest absolute Gasteiger partial charge is 0.467 e. The maximum atomic E-state index is 11.8. The molecule has 0 unspecified atom stereocenters. The fourth-order valence-corrected chi connectivity index (χ4v) is 1.98. The van der Waals surface area contributed by atoms with E-state index < -0.39 is 18.1 Å². The number of rotatable bonds is 8. The van der Waals surface area contributed by atoms with Gasteiger partial charge in [-0.25, -0.2) is 9.59 Å². The van der Waals surface area contributed by atoms with Gasteiger partial charge in [-0.1, -0.05) is 49.5 Å². The van der Waals surface area contributed by atoms with Gasteiger partial charge >= 0.3 is 12.1 Å². The van der Waals surface area contributed by atoms with Crippen molar-refractivity contribution in [1.82, 2.24) is 5.32 Å². The lowest BCUT2D eigenvalue weighted by atomic mass is 9.95.